The van der Waals surface area contributed by atoms with Crippen LogP contribution < -0.4 is 5.32 Å². The molecule has 6 heteroatoms. The summed E-state index contributed by atoms with van der Waals surface area (Å²) >= 11 is 0. The second-order valence-electron chi connectivity index (χ2n) is 7.42. The van der Waals surface area contributed by atoms with Gasteiger partial charge in [0.15, 0.2) is 5.76 Å². The average Bonchev–Trinajstić information content (AvgIpc) is 3.20. The van der Waals surface area contributed by atoms with Gasteiger partial charge in [0.2, 0.25) is 0 Å². The molecule has 0 bridgehead atoms. The molecule has 148 valence electrons. The Kier molecular flexibility index (Phi) is 6.44. The topological polar surface area (TPSA) is 61.6 Å². The van der Waals surface area contributed by atoms with Crippen molar-refractivity contribution in [3.8, 4) is 11.5 Å². The van der Waals surface area contributed by atoms with Crippen molar-refractivity contribution in [1.82, 2.24) is 20.1 Å². The third kappa shape index (κ3) is 4.97. The third-order valence-corrected chi connectivity index (χ3v) is 4.69. The summed E-state index contributed by atoms with van der Waals surface area (Å²) in [6.07, 6.45) is 1.61. The summed E-state index contributed by atoms with van der Waals surface area (Å²) in [5.74, 6) is 0.562. The summed E-state index contributed by atoms with van der Waals surface area (Å²) in [5.41, 5.74) is 3.16. The number of aromatic nitrogens is 1. The number of aryl methyl sites for hydroxylation is 1. The first-order chi connectivity index (χ1) is 13.4. The predicted molar refractivity (Wildman–Crippen MR) is 113 cm³/mol. The van der Waals surface area contributed by atoms with Gasteiger partial charge in [-0.2, -0.15) is 0 Å². The lowest BCUT2D eigenvalue weighted by molar-refractivity contribution is 0.0951. The molecule has 0 spiro atoms. The van der Waals surface area contributed by atoms with Crippen LogP contribution in [0.25, 0.3) is 22.4 Å². The Hall–Kier alpha value is -2.70. The molecule has 0 aliphatic carbocycles. The smallest absolute Gasteiger partial charge is 0.252 e. The molecule has 1 N–H and O–H groups in total. The monoisotopic (exact) mass is 380 g/mol. The van der Waals surface area contributed by atoms with Gasteiger partial charge in [0.1, 0.15) is 5.69 Å². The van der Waals surface area contributed by atoms with E-state index in [2.05, 4.69) is 41.2 Å². The van der Waals surface area contributed by atoms with Crippen LogP contribution in [0.5, 0.6) is 0 Å². The van der Waals surface area contributed by atoms with Crippen molar-refractivity contribution in [2.24, 2.45) is 0 Å². The summed E-state index contributed by atoms with van der Waals surface area (Å²) in [5, 5.41) is 3.90. The summed E-state index contributed by atoms with van der Waals surface area (Å²) in [7, 11) is 6.18. The Balaban J connectivity index is 1.78. The molecule has 0 unspecified atom stereocenters. The van der Waals surface area contributed by atoms with Crippen molar-refractivity contribution in [2.75, 3.05) is 47.3 Å². The zero-order valence-electron chi connectivity index (χ0n) is 17.0. The number of nitrogens with one attached hydrogen (secondary N) is 1. The maximum atomic E-state index is 12.9. The van der Waals surface area contributed by atoms with Gasteiger partial charge in [-0.1, -0.05) is 11.6 Å². The molecule has 0 radical (unpaired) electrons. The van der Waals surface area contributed by atoms with Crippen LogP contribution in [0.1, 0.15) is 15.9 Å². The first-order valence-electron chi connectivity index (χ1n) is 9.51. The van der Waals surface area contributed by atoms with Gasteiger partial charge in [-0.25, -0.2) is 4.98 Å². The molecule has 0 saturated carbocycles. The highest BCUT2D eigenvalue weighted by Gasteiger charge is 2.15. The number of nitrogens with zero attached hydrogens (tertiary/aromatic N) is 3. The second kappa shape index (κ2) is 8.99. The van der Waals surface area contributed by atoms with Gasteiger partial charge in [0, 0.05) is 31.6 Å². The second-order valence-corrected chi connectivity index (χ2v) is 7.42. The zero-order chi connectivity index (χ0) is 20.1. The zero-order valence-corrected chi connectivity index (χ0v) is 17.0. The molecule has 0 saturated heterocycles. The van der Waals surface area contributed by atoms with E-state index >= 15 is 0 Å². The van der Waals surface area contributed by atoms with Gasteiger partial charge in [-0.3, -0.25) is 4.79 Å². The first kappa shape index (κ1) is 20.0. The molecule has 1 amide bonds. The molecule has 0 aliphatic heterocycles. The highest BCUT2D eigenvalue weighted by molar-refractivity contribution is 6.07. The number of amides is 1. The molecule has 3 aromatic rings. The number of rotatable bonds is 8. The molecular formula is C22H28N4O2. The number of hydrogen-bond donors (Lipinski definition) is 1. The van der Waals surface area contributed by atoms with Crippen molar-refractivity contribution in [1.29, 1.82) is 0 Å². The molecular weight excluding hydrogens is 352 g/mol. The summed E-state index contributed by atoms with van der Waals surface area (Å²) < 4.78 is 5.48. The number of furan rings is 1. The van der Waals surface area contributed by atoms with E-state index in [0.29, 0.717) is 23.6 Å². The third-order valence-electron chi connectivity index (χ3n) is 4.69. The van der Waals surface area contributed by atoms with E-state index in [4.69, 9.17) is 4.42 Å². The molecule has 0 aliphatic rings. The van der Waals surface area contributed by atoms with Gasteiger partial charge in [-0.15, -0.1) is 0 Å². The first-order valence-corrected chi connectivity index (χ1v) is 9.51. The van der Waals surface area contributed by atoms with Crippen LogP contribution >= 0.6 is 0 Å². The molecule has 2 heterocycles. The number of fused-ring (bicyclic) bond motifs is 1. The Morgan fingerprint density at radius 3 is 2.64 bits per heavy atom. The molecule has 1 aromatic carbocycles. The van der Waals surface area contributed by atoms with E-state index in [9.17, 15) is 4.79 Å². The minimum absolute atomic E-state index is 0.0909. The molecule has 2 aromatic heterocycles. The van der Waals surface area contributed by atoms with E-state index in [1.807, 2.05) is 43.3 Å². The minimum atomic E-state index is -0.0909. The van der Waals surface area contributed by atoms with E-state index in [-0.39, 0.29) is 5.91 Å². The largest absolute Gasteiger partial charge is 0.463 e. The van der Waals surface area contributed by atoms with Crippen molar-refractivity contribution in [2.45, 2.75) is 6.92 Å². The van der Waals surface area contributed by atoms with Crippen LogP contribution in [0, 0.1) is 6.92 Å². The molecule has 0 fully saturated rings. The number of hydrogen-bond acceptors (Lipinski definition) is 5. The number of carbonyl (C=O) groups excluding carboxylic acids is 1. The maximum Gasteiger partial charge on any atom is 0.252 e. The molecule has 0 atom stereocenters. The number of benzene rings is 1. The van der Waals surface area contributed by atoms with Crippen molar-refractivity contribution < 1.29 is 9.21 Å². The predicted octanol–water partition coefficient (Wildman–Crippen LogP) is 3.03. The van der Waals surface area contributed by atoms with Gasteiger partial charge < -0.3 is 19.5 Å². The molecule has 3 rings (SSSR count). The Bertz CT molecular complexity index is 935. The van der Waals surface area contributed by atoms with Crippen molar-refractivity contribution in [3.63, 3.8) is 0 Å². The van der Waals surface area contributed by atoms with E-state index in [1.54, 1.807) is 6.26 Å². The Labute approximate surface area is 166 Å². The standard InChI is InChI=1S/C22H28N4O2/c1-16-7-8-19-17(14-16)18(15-20(24-19)21-6-5-13-28-21)22(27)23-9-10-26(4)12-11-25(2)3/h5-8,13-15H,9-12H2,1-4H3,(H,23,27). The van der Waals surface area contributed by atoms with Gasteiger partial charge >= 0.3 is 0 Å². The summed E-state index contributed by atoms with van der Waals surface area (Å²) in [6.45, 7) is 5.36. The fraction of sp³-hybridized carbons (Fsp3) is 0.364. The lowest BCUT2D eigenvalue weighted by atomic mass is 10.0. The van der Waals surface area contributed by atoms with Crippen LogP contribution in [0.3, 0.4) is 0 Å². The normalized spacial score (nSPS) is 11.5. The van der Waals surface area contributed by atoms with E-state index in [0.717, 1.165) is 36.1 Å². The lowest BCUT2D eigenvalue weighted by Gasteiger charge is -2.19. The van der Waals surface area contributed by atoms with Crippen LogP contribution in [-0.4, -0.2) is 68.0 Å². The number of carbonyl (C=O) groups is 1. The summed E-state index contributed by atoms with van der Waals surface area (Å²) in [4.78, 5) is 22.0. The van der Waals surface area contributed by atoms with Crippen LogP contribution in [0.15, 0.2) is 47.1 Å². The van der Waals surface area contributed by atoms with Crippen molar-refractivity contribution in [3.05, 3.63) is 53.8 Å². The average molecular weight is 380 g/mol. The van der Waals surface area contributed by atoms with Crippen LogP contribution in [-0.2, 0) is 0 Å². The quantitative estimate of drug-likeness (QED) is 0.651. The van der Waals surface area contributed by atoms with Gasteiger partial charge in [0.25, 0.3) is 5.91 Å². The number of pyridine rings is 1. The lowest BCUT2D eigenvalue weighted by Crippen LogP contribution is -2.36. The SMILES string of the molecule is Cc1ccc2nc(-c3ccco3)cc(C(=O)NCCN(C)CCN(C)C)c2c1. The van der Waals surface area contributed by atoms with E-state index in [1.165, 1.54) is 0 Å². The highest BCUT2D eigenvalue weighted by atomic mass is 16.3. The van der Waals surface area contributed by atoms with E-state index < -0.39 is 0 Å². The minimum Gasteiger partial charge on any atom is -0.463 e. The Morgan fingerprint density at radius 2 is 1.93 bits per heavy atom. The molecule has 28 heavy (non-hydrogen) atoms. The van der Waals surface area contributed by atoms with Gasteiger partial charge in [-0.05, 0) is 58.4 Å². The number of likely N-dealkylation sites (N-methyl/N-ethyl adjacent to an activating group) is 2. The van der Waals surface area contributed by atoms with Crippen LogP contribution in [0.2, 0.25) is 0 Å². The molecule has 6 nitrogen and oxygen atoms in total. The fourth-order valence-corrected chi connectivity index (χ4v) is 3.02. The van der Waals surface area contributed by atoms with Gasteiger partial charge in [0.05, 0.1) is 17.3 Å². The highest BCUT2D eigenvalue weighted by Crippen LogP contribution is 2.26. The van der Waals surface area contributed by atoms with Crippen LogP contribution in [0.4, 0.5) is 0 Å². The van der Waals surface area contributed by atoms with Crippen molar-refractivity contribution >= 4 is 16.8 Å². The maximum absolute atomic E-state index is 12.9. The fourth-order valence-electron chi connectivity index (χ4n) is 3.02. The Morgan fingerprint density at radius 1 is 1.11 bits per heavy atom. The summed E-state index contributed by atoms with van der Waals surface area (Å²) in [6, 6.07) is 11.4.